The van der Waals surface area contributed by atoms with E-state index in [9.17, 15) is 4.79 Å². The van der Waals surface area contributed by atoms with Gasteiger partial charge in [-0.1, -0.05) is 36.4 Å². The number of benzene rings is 1. The van der Waals surface area contributed by atoms with Crippen LogP contribution in [-0.4, -0.2) is 35.4 Å². The molecule has 1 aromatic heterocycles. The fraction of sp³-hybridized carbons (Fsp3) is 0.368. The van der Waals surface area contributed by atoms with Gasteiger partial charge in [0.05, 0.1) is 0 Å². The second kappa shape index (κ2) is 10.4. The fourth-order valence-corrected chi connectivity index (χ4v) is 2.73. The molecule has 1 saturated carbocycles. The zero-order chi connectivity index (χ0) is 16.1. The van der Waals surface area contributed by atoms with Crippen molar-refractivity contribution in [1.29, 1.82) is 0 Å². The minimum Gasteiger partial charge on any atom is -0.336 e. The van der Waals surface area contributed by atoms with Crippen molar-refractivity contribution in [3.05, 3.63) is 65.5 Å². The predicted octanol–water partition coefficient (Wildman–Crippen LogP) is 3.45. The molecule has 1 aliphatic rings. The van der Waals surface area contributed by atoms with Crippen LogP contribution < -0.4 is 5.73 Å². The summed E-state index contributed by atoms with van der Waals surface area (Å²) in [6, 6.07) is 14.1. The standard InChI is InChI=1S/C19H23N3O.2ClH/c20-11-13-22(12-10-15-4-2-1-3-5-15)19(23)18-9-8-17(14-21-18)16-6-7-16;;/h1-5,8-9,14,16H,6-7,10-13,20H2;2*1H. The number of nitrogens with two attached hydrogens (primary N) is 1. The molecule has 2 N–H and O–H groups in total. The number of halogens is 2. The van der Waals surface area contributed by atoms with Crippen molar-refractivity contribution < 1.29 is 4.79 Å². The quantitative estimate of drug-likeness (QED) is 0.798. The van der Waals surface area contributed by atoms with E-state index in [-0.39, 0.29) is 30.7 Å². The second-order valence-corrected chi connectivity index (χ2v) is 6.07. The van der Waals surface area contributed by atoms with Crippen molar-refractivity contribution >= 4 is 30.7 Å². The van der Waals surface area contributed by atoms with Crippen LogP contribution in [0.1, 0.15) is 40.4 Å². The summed E-state index contributed by atoms with van der Waals surface area (Å²) in [5.74, 6) is 0.624. The molecule has 1 fully saturated rings. The van der Waals surface area contributed by atoms with Gasteiger partial charge in [-0.25, -0.2) is 0 Å². The molecule has 0 unspecified atom stereocenters. The van der Waals surface area contributed by atoms with Gasteiger partial charge in [-0.15, -0.1) is 24.8 Å². The van der Waals surface area contributed by atoms with Crippen LogP contribution in [0, 0.1) is 0 Å². The Bertz CT molecular complexity index is 645. The van der Waals surface area contributed by atoms with Crippen molar-refractivity contribution in [2.45, 2.75) is 25.2 Å². The van der Waals surface area contributed by atoms with Crippen molar-refractivity contribution in [2.24, 2.45) is 5.73 Å². The SMILES string of the molecule is Cl.Cl.NCCN(CCc1ccccc1)C(=O)c1ccc(C2CC2)cn1. The molecule has 3 rings (SSSR count). The summed E-state index contributed by atoms with van der Waals surface area (Å²) < 4.78 is 0. The van der Waals surface area contributed by atoms with Crippen molar-refractivity contribution in [3.63, 3.8) is 0 Å². The number of carbonyl (C=O) groups is 1. The van der Waals surface area contributed by atoms with E-state index in [2.05, 4.69) is 17.1 Å². The first-order valence-electron chi connectivity index (χ1n) is 8.27. The Labute approximate surface area is 161 Å². The predicted molar refractivity (Wildman–Crippen MR) is 106 cm³/mol. The Kier molecular flexibility index (Phi) is 8.90. The van der Waals surface area contributed by atoms with Gasteiger partial charge in [0, 0.05) is 25.8 Å². The highest BCUT2D eigenvalue weighted by Crippen LogP contribution is 2.39. The van der Waals surface area contributed by atoms with E-state index in [0.29, 0.717) is 31.2 Å². The Morgan fingerprint density at radius 1 is 1.08 bits per heavy atom. The molecule has 0 spiro atoms. The third-order valence-corrected chi connectivity index (χ3v) is 4.25. The number of amides is 1. The maximum Gasteiger partial charge on any atom is 0.272 e. The molecule has 1 amide bonds. The molecule has 136 valence electrons. The zero-order valence-electron chi connectivity index (χ0n) is 14.1. The highest BCUT2D eigenvalue weighted by molar-refractivity contribution is 5.92. The lowest BCUT2D eigenvalue weighted by Gasteiger charge is -2.21. The van der Waals surface area contributed by atoms with Crippen LogP contribution >= 0.6 is 24.8 Å². The molecule has 1 aromatic carbocycles. The number of hydrogen-bond donors (Lipinski definition) is 1. The average molecular weight is 382 g/mol. The van der Waals surface area contributed by atoms with Gasteiger partial charge < -0.3 is 10.6 Å². The molecule has 1 heterocycles. The van der Waals surface area contributed by atoms with E-state index >= 15 is 0 Å². The molecule has 2 aromatic rings. The topological polar surface area (TPSA) is 59.2 Å². The lowest BCUT2D eigenvalue weighted by molar-refractivity contribution is 0.0756. The van der Waals surface area contributed by atoms with Crippen LogP contribution in [0.2, 0.25) is 0 Å². The van der Waals surface area contributed by atoms with E-state index in [1.807, 2.05) is 36.5 Å². The largest absolute Gasteiger partial charge is 0.336 e. The van der Waals surface area contributed by atoms with Crippen LogP contribution in [-0.2, 0) is 6.42 Å². The molecule has 0 aliphatic heterocycles. The molecule has 0 bridgehead atoms. The van der Waals surface area contributed by atoms with Gasteiger partial charge >= 0.3 is 0 Å². The Morgan fingerprint density at radius 3 is 2.36 bits per heavy atom. The third-order valence-electron chi connectivity index (χ3n) is 4.25. The molecule has 0 radical (unpaired) electrons. The van der Waals surface area contributed by atoms with Crippen LogP contribution in [0.4, 0.5) is 0 Å². The fourth-order valence-electron chi connectivity index (χ4n) is 2.73. The smallest absolute Gasteiger partial charge is 0.272 e. The van der Waals surface area contributed by atoms with Gasteiger partial charge in [-0.05, 0) is 42.4 Å². The minimum atomic E-state index is -0.0336. The summed E-state index contributed by atoms with van der Waals surface area (Å²) in [6.45, 7) is 1.67. The average Bonchev–Trinajstić information content (AvgIpc) is 3.44. The summed E-state index contributed by atoms with van der Waals surface area (Å²) in [6.07, 6.45) is 5.16. The summed E-state index contributed by atoms with van der Waals surface area (Å²) in [7, 11) is 0. The zero-order valence-corrected chi connectivity index (χ0v) is 15.8. The number of carbonyl (C=O) groups excluding carboxylic acids is 1. The second-order valence-electron chi connectivity index (χ2n) is 6.07. The van der Waals surface area contributed by atoms with E-state index in [0.717, 1.165) is 6.42 Å². The summed E-state index contributed by atoms with van der Waals surface area (Å²) in [4.78, 5) is 18.8. The number of nitrogens with zero attached hydrogens (tertiary/aromatic N) is 2. The first-order chi connectivity index (χ1) is 11.3. The number of aromatic nitrogens is 1. The van der Waals surface area contributed by atoms with Crippen molar-refractivity contribution in [1.82, 2.24) is 9.88 Å². The molecule has 1 aliphatic carbocycles. The molecule has 0 saturated heterocycles. The first-order valence-corrected chi connectivity index (χ1v) is 8.27. The minimum absolute atomic E-state index is 0. The molecule has 6 heteroatoms. The maximum atomic E-state index is 12.7. The molecule has 25 heavy (non-hydrogen) atoms. The molecule has 0 atom stereocenters. The van der Waals surface area contributed by atoms with E-state index in [1.165, 1.54) is 24.0 Å². The van der Waals surface area contributed by atoms with Crippen molar-refractivity contribution in [2.75, 3.05) is 19.6 Å². The lowest BCUT2D eigenvalue weighted by Crippen LogP contribution is -2.37. The molecular weight excluding hydrogens is 357 g/mol. The van der Waals surface area contributed by atoms with Gasteiger partial charge in [0.15, 0.2) is 0 Å². The van der Waals surface area contributed by atoms with Crippen LogP contribution in [0.5, 0.6) is 0 Å². The van der Waals surface area contributed by atoms with Gasteiger partial charge in [0.25, 0.3) is 5.91 Å². The van der Waals surface area contributed by atoms with Crippen molar-refractivity contribution in [3.8, 4) is 0 Å². The highest BCUT2D eigenvalue weighted by atomic mass is 35.5. The number of hydrogen-bond acceptors (Lipinski definition) is 3. The van der Waals surface area contributed by atoms with Crippen LogP contribution in [0.15, 0.2) is 48.7 Å². The first kappa shape index (κ1) is 21.4. The normalized spacial score (nSPS) is 12.7. The Balaban J connectivity index is 0.00000156. The van der Waals surface area contributed by atoms with Gasteiger partial charge in [-0.3, -0.25) is 9.78 Å². The van der Waals surface area contributed by atoms with E-state index in [4.69, 9.17) is 5.73 Å². The maximum absolute atomic E-state index is 12.7. The molecule has 4 nitrogen and oxygen atoms in total. The summed E-state index contributed by atoms with van der Waals surface area (Å²) in [5.41, 5.74) is 8.65. The van der Waals surface area contributed by atoms with Gasteiger partial charge in [0.2, 0.25) is 0 Å². The van der Waals surface area contributed by atoms with E-state index < -0.39 is 0 Å². The Hall–Kier alpha value is -1.62. The van der Waals surface area contributed by atoms with Crippen LogP contribution in [0.3, 0.4) is 0 Å². The number of pyridine rings is 1. The van der Waals surface area contributed by atoms with Crippen LogP contribution in [0.25, 0.3) is 0 Å². The summed E-state index contributed by atoms with van der Waals surface area (Å²) >= 11 is 0. The third kappa shape index (κ3) is 5.99. The van der Waals surface area contributed by atoms with E-state index in [1.54, 1.807) is 4.90 Å². The highest BCUT2D eigenvalue weighted by Gasteiger charge is 2.24. The summed E-state index contributed by atoms with van der Waals surface area (Å²) in [5, 5.41) is 0. The van der Waals surface area contributed by atoms with Gasteiger partial charge in [0.1, 0.15) is 5.69 Å². The molecular formula is C19H25Cl2N3O. The number of rotatable bonds is 7. The van der Waals surface area contributed by atoms with Gasteiger partial charge in [-0.2, -0.15) is 0 Å². The Morgan fingerprint density at radius 2 is 1.80 bits per heavy atom. The monoisotopic (exact) mass is 381 g/mol. The lowest BCUT2D eigenvalue weighted by atomic mass is 10.1.